The van der Waals surface area contributed by atoms with E-state index in [4.69, 9.17) is 32.7 Å². The molecule has 134 valence electrons. The van der Waals surface area contributed by atoms with Crippen LogP contribution in [0.2, 0.25) is 10.0 Å². The molecule has 2 aromatic carbocycles. The van der Waals surface area contributed by atoms with Gasteiger partial charge < -0.3 is 9.52 Å². The standard InChI is InChI=1S/C21H13Cl2NO3/c1-12-8-13(21(25)26)2-5-17(12)20-7-4-16(27-20)9-14(11-24)18-6-3-15(22)10-19(18)23/h2-10H,1H3,(H,25,26). The van der Waals surface area contributed by atoms with E-state index in [1.807, 2.05) is 6.92 Å². The lowest BCUT2D eigenvalue weighted by Gasteiger charge is -2.04. The number of rotatable bonds is 4. The molecule has 0 saturated heterocycles. The first-order chi connectivity index (χ1) is 12.9. The highest BCUT2D eigenvalue weighted by molar-refractivity contribution is 6.36. The van der Waals surface area contributed by atoms with Crippen LogP contribution in [0, 0.1) is 18.3 Å². The van der Waals surface area contributed by atoms with Crippen LogP contribution in [-0.4, -0.2) is 11.1 Å². The molecule has 1 aromatic heterocycles. The van der Waals surface area contributed by atoms with Crippen molar-refractivity contribution in [2.75, 3.05) is 0 Å². The molecule has 6 heteroatoms. The molecule has 0 amide bonds. The van der Waals surface area contributed by atoms with Crippen LogP contribution in [0.1, 0.15) is 27.2 Å². The molecular weight excluding hydrogens is 385 g/mol. The van der Waals surface area contributed by atoms with Gasteiger partial charge in [0.1, 0.15) is 11.5 Å². The molecule has 0 atom stereocenters. The van der Waals surface area contributed by atoms with Gasteiger partial charge in [0, 0.05) is 16.1 Å². The van der Waals surface area contributed by atoms with Crippen LogP contribution in [0.3, 0.4) is 0 Å². The molecule has 0 aliphatic rings. The highest BCUT2D eigenvalue weighted by atomic mass is 35.5. The molecule has 0 bridgehead atoms. The summed E-state index contributed by atoms with van der Waals surface area (Å²) in [6.07, 6.45) is 1.60. The zero-order valence-electron chi connectivity index (χ0n) is 14.2. The Morgan fingerprint density at radius 1 is 1.15 bits per heavy atom. The summed E-state index contributed by atoms with van der Waals surface area (Å²) in [7, 11) is 0. The Kier molecular flexibility index (Phi) is 5.36. The van der Waals surface area contributed by atoms with Crippen molar-refractivity contribution < 1.29 is 14.3 Å². The molecule has 3 rings (SSSR count). The number of aryl methyl sites for hydroxylation is 1. The molecule has 27 heavy (non-hydrogen) atoms. The van der Waals surface area contributed by atoms with Crippen molar-refractivity contribution in [3.8, 4) is 17.4 Å². The average molecular weight is 398 g/mol. The van der Waals surface area contributed by atoms with Crippen molar-refractivity contribution in [1.82, 2.24) is 0 Å². The number of nitrogens with zero attached hydrogens (tertiary/aromatic N) is 1. The molecule has 4 nitrogen and oxygen atoms in total. The quantitative estimate of drug-likeness (QED) is 0.522. The summed E-state index contributed by atoms with van der Waals surface area (Å²) in [6.45, 7) is 1.81. The normalized spacial score (nSPS) is 11.3. The largest absolute Gasteiger partial charge is 0.478 e. The Morgan fingerprint density at radius 3 is 2.56 bits per heavy atom. The molecule has 1 heterocycles. The first-order valence-electron chi connectivity index (χ1n) is 7.90. The van der Waals surface area contributed by atoms with Crippen LogP contribution >= 0.6 is 23.2 Å². The maximum atomic E-state index is 11.1. The maximum absolute atomic E-state index is 11.1. The van der Waals surface area contributed by atoms with E-state index in [9.17, 15) is 10.1 Å². The molecule has 3 aromatic rings. The number of nitriles is 1. The van der Waals surface area contributed by atoms with E-state index in [1.165, 1.54) is 6.07 Å². The maximum Gasteiger partial charge on any atom is 0.335 e. The number of carboxylic acids is 1. The predicted octanol–water partition coefficient (Wildman–Crippen LogP) is 6.32. The van der Waals surface area contributed by atoms with Gasteiger partial charge in [-0.25, -0.2) is 4.79 Å². The highest BCUT2D eigenvalue weighted by Gasteiger charge is 2.12. The summed E-state index contributed by atoms with van der Waals surface area (Å²) in [5.41, 5.74) is 2.68. The molecule has 0 saturated carbocycles. The van der Waals surface area contributed by atoms with Crippen LogP contribution in [0.25, 0.3) is 23.0 Å². The summed E-state index contributed by atoms with van der Waals surface area (Å²) < 4.78 is 5.82. The van der Waals surface area contributed by atoms with Gasteiger partial charge >= 0.3 is 5.97 Å². The number of carbonyl (C=O) groups is 1. The number of hydrogen-bond acceptors (Lipinski definition) is 3. The SMILES string of the molecule is Cc1cc(C(=O)O)ccc1-c1ccc(C=C(C#N)c2ccc(Cl)cc2Cl)o1. The fourth-order valence-corrected chi connectivity index (χ4v) is 3.18. The molecule has 0 aliphatic heterocycles. The monoisotopic (exact) mass is 397 g/mol. The minimum absolute atomic E-state index is 0.215. The molecule has 1 N–H and O–H groups in total. The number of hydrogen-bond donors (Lipinski definition) is 1. The van der Waals surface area contributed by atoms with Crippen LogP contribution in [-0.2, 0) is 0 Å². The van der Waals surface area contributed by atoms with E-state index in [1.54, 1.807) is 48.5 Å². The zero-order chi connectivity index (χ0) is 19.6. The lowest BCUT2D eigenvalue weighted by Crippen LogP contribution is -1.96. The molecule has 0 unspecified atom stereocenters. The molecular formula is C21H13Cl2NO3. The summed E-state index contributed by atoms with van der Waals surface area (Å²) in [5.74, 6) is 0.0793. The Labute approximate surface area is 165 Å². The van der Waals surface area contributed by atoms with Crippen LogP contribution in [0.4, 0.5) is 0 Å². The Balaban J connectivity index is 1.96. The van der Waals surface area contributed by atoms with Gasteiger partial charge in [0.15, 0.2) is 0 Å². The van der Waals surface area contributed by atoms with Gasteiger partial charge in [0.2, 0.25) is 0 Å². The zero-order valence-corrected chi connectivity index (χ0v) is 15.7. The lowest BCUT2D eigenvalue weighted by atomic mass is 10.0. The van der Waals surface area contributed by atoms with Gasteiger partial charge in [-0.3, -0.25) is 0 Å². The third kappa shape index (κ3) is 4.06. The first-order valence-corrected chi connectivity index (χ1v) is 8.66. The van der Waals surface area contributed by atoms with E-state index < -0.39 is 5.97 Å². The van der Waals surface area contributed by atoms with Gasteiger partial charge in [-0.1, -0.05) is 35.3 Å². The first kappa shape index (κ1) is 18.8. The number of carboxylic acid groups (broad SMARTS) is 1. The second-order valence-corrected chi connectivity index (χ2v) is 6.67. The molecule has 0 fully saturated rings. The van der Waals surface area contributed by atoms with Gasteiger partial charge in [-0.2, -0.15) is 5.26 Å². The Bertz CT molecular complexity index is 1110. The third-order valence-electron chi connectivity index (χ3n) is 3.99. The Hall–Kier alpha value is -3.00. The second-order valence-electron chi connectivity index (χ2n) is 5.83. The van der Waals surface area contributed by atoms with Crippen molar-refractivity contribution in [2.24, 2.45) is 0 Å². The fraction of sp³-hybridized carbons (Fsp3) is 0.0476. The van der Waals surface area contributed by atoms with E-state index >= 15 is 0 Å². The van der Waals surface area contributed by atoms with Gasteiger partial charge in [-0.15, -0.1) is 0 Å². The van der Waals surface area contributed by atoms with Gasteiger partial charge in [0.25, 0.3) is 0 Å². The topological polar surface area (TPSA) is 74.2 Å². The fourth-order valence-electron chi connectivity index (χ4n) is 2.67. The molecule has 0 aliphatic carbocycles. The van der Waals surface area contributed by atoms with Crippen molar-refractivity contribution >= 4 is 40.8 Å². The van der Waals surface area contributed by atoms with Crippen molar-refractivity contribution in [3.05, 3.63) is 81.0 Å². The van der Waals surface area contributed by atoms with Crippen LogP contribution < -0.4 is 0 Å². The van der Waals surface area contributed by atoms with E-state index in [0.717, 1.165) is 11.1 Å². The molecule has 0 radical (unpaired) electrons. The van der Waals surface area contributed by atoms with Crippen molar-refractivity contribution in [2.45, 2.75) is 6.92 Å². The number of benzene rings is 2. The summed E-state index contributed by atoms with van der Waals surface area (Å²) in [5, 5.41) is 19.4. The van der Waals surface area contributed by atoms with Crippen LogP contribution in [0.5, 0.6) is 0 Å². The predicted molar refractivity (Wildman–Crippen MR) is 106 cm³/mol. The summed E-state index contributed by atoms with van der Waals surface area (Å²) >= 11 is 12.1. The number of furan rings is 1. The number of halogens is 2. The smallest absolute Gasteiger partial charge is 0.335 e. The van der Waals surface area contributed by atoms with Crippen molar-refractivity contribution in [3.63, 3.8) is 0 Å². The average Bonchev–Trinajstić information content (AvgIpc) is 3.08. The summed E-state index contributed by atoms with van der Waals surface area (Å²) in [4.78, 5) is 11.1. The lowest BCUT2D eigenvalue weighted by molar-refractivity contribution is 0.0697. The van der Waals surface area contributed by atoms with Gasteiger partial charge in [0.05, 0.1) is 22.2 Å². The highest BCUT2D eigenvalue weighted by Crippen LogP contribution is 2.31. The van der Waals surface area contributed by atoms with Gasteiger partial charge in [-0.05, 0) is 55.0 Å². The van der Waals surface area contributed by atoms with Crippen LogP contribution in [0.15, 0.2) is 52.9 Å². The third-order valence-corrected chi connectivity index (χ3v) is 4.54. The van der Waals surface area contributed by atoms with E-state index in [2.05, 4.69) is 6.07 Å². The molecule has 0 spiro atoms. The van der Waals surface area contributed by atoms with Crippen molar-refractivity contribution in [1.29, 1.82) is 5.26 Å². The minimum Gasteiger partial charge on any atom is -0.478 e. The number of allylic oxidation sites excluding steroid dienone is 1. The Morgan fingerprint density at radius 2 is 1.93 bits per heavy atom. The van der Waals surface area contributed by atoms with E-state index in [-0.39, 0.29) is 5.56 Å². The van der Waals surface area contributed by atoms with E-state index in [0.29, 0.717) is 32.7 Å². The second kappa shape index (κ2) is 7.71. The number of aromatic carboxylic acids is 1. The summed E-state index contributed by atoms with van der Waals surface area (Å²) in [6, 6.07) is 15.4. The minimum atomic E-state index is -0.980.